The van der Waals surface area contributed by atoms with E-state index in [1.54, 1.807) is 47.7 Å². The molecule has 0 unspecified atom stereocenters. The molecule has 3 aromatic heterocycles. The van der Waals surface area contributed by atoms with Gasteiger partial charge in [-0.15, -0.1) is 11.3 Å². The van der Waals surface area contributed by atoms with Gasteiger partial charge in [0.05, 0.1) is 23.2 Å². The van der Waals surface area contributed by atoms with Crippen LogP contribution in [0.5, 0.6) is 0 Å². The van der Waals surface area contributed by atoms with Crippen LogP contribution in [0.25, 0.3) is 10.6 Å². The molecule has 0 aliphatic heterocycles. The number of hydrogen-bond acceptors (Lipinski definition) is 7. The normalized spacial score (nSPS) is 10.6. The van der Waals surface area contributed by atoms with Crippen molar-refractivity contribution in [2.24, 2.45) is 0 Å². The Kier molecular flexibility index (Phi) is 5.31. The molecule has 6 nitrogen and oxygen atoms in total. The SMILES string of the molecule is O=C(Nc1ccccc1C(=O)OCc1csc(-c2ccsc2)n1)c1ccco1. The van der Waals surface area contributed by atoms with Crippen molar-refractivity contribution in [1.82, 2.24) is 4.98 Å². The molecule has 140 valence electrons. The highest BCUT2D eigenvalue weighted by Gasteiger charge is 2.17. The van der Waals surface area contributed by atoms with Gasteiger partial charge in [0.25, 0.3) is 5.91 Å². The Morgan fingerprint density at radius 2 is 2.00 bits per heavy atom. The average molecular weight is 410 g/mol. The lowest BCUT2D eigenvalue weighted by Crippen LogP contribution is -2.15. The molecule has 0 radical (unpaired) electrons. The molecule has 4 aromatic rings. The lowest BCUT2D eigenvalue weighted by Gasteiger charge is -2.09. The third-order valence-corrected chi connectivity index (χ3v) is 5.43. The fourth-order valence-electron chi connectivity index (χ4n) is 2.47. The lowest BCUT2D eigenvalue weighted by molar-refractivity contribution is 0.0469. The van der Waals surface area contributed by atoms with E-state index in [1.807, 2.05) is 22.2 Å². The van der Waals surface area contributed by atoms with Gasteiger partial charge in [-0.1, -0.05) is 12.1 Å². The first-order chi connectivity index (χ1) is 13.7. The van der Waals surface area contributed by atoms with Crippen LogP contribution in [-0.4, -0.2) is 16.9 Å². The van der Waals surface area contributed by atoms with Gasteiger partial charge in [-0.25, -0.2) is 9.78 Å². The third kappa shape index (κ3) is 4.03. The summed E-state index contributed by atoms with van der Waals surface area (Å²) < 4.78 is 10.5. The molecule has 1 aromatic carbocycles. The van der Waals surface area contributed by atoms with Crippen LogP contribution in [0, 0.1) is 0 Å². The number of thiazole rings is 1. The zero-order chi connectivity index (χ0) is 19.3. The number of rotatable bonds is 6. The van der Waals surface area contributed by atoms with Crippen LogP contribution in [-0.2, 0) is 11.3 Å². The first-order valence-corrected chi connectivity index (χ1v) is 10.1. The van der Waals surface area contributed by atoms with Crippen LogP contribution >= 0.6 is 22.7 Å². The average Bonchev–Trinajstić information content (AvgIpc) is 3.48. The maximum atomic E-state index is 12.5. The molecule has 28 heavy (non-hydrogen) atoms. The van der Waals surface area contributed by atoms with Gasteiger partial charge in [0.15, 0.2) is 5.76 Å². The van der Waals surface area contributed by atoms with Crippen molar-refractivity contribution in [3.8, 4) is 10.6 Å². The van der Waals surface area contributed by atoms with Gasteiger partial charge in [-0.3, -0.25) is 4.79 Å². The molecule has 8 heteroatoms. The minimum Gasteiger partial charge on any atom is -0.459 e. The van der Waals surface area contributed by atoms with Crippen LogP contribution in [0.4, 0.5) is 5.69 Å². The van der Waals surface area contributed by atoms with Gasteiger partial charge in [-0.2, -0.15) is 11.3 Å². The van der Waals surface area contributed by atoms with Gasteiger partial charge in [0, 0.05) is 16.3 Å². The highest BCUT2D eigenvalue weighted by molar-refractivity contribution is 7.14. The van der Waals surface area contributed by atoms with Gasteiger partial charge in [0.2, 0.25) is 0 Å². The summed E-state index contributed by atoms with van der Waals surface area (Å²) in [5.74, 6) is -0.822. The predicted octanol–water partition coefficient (Wildman–Crippen LogP) is 5.07. The number of esters is 1. The fourth-order valence-corrected chi connectivity index (χ4v) is 3.99. The van der Waals surface area contributed by atoms with Crippen molar-refractivity contribution >= 4 is 40.2 Å². The van der Waals surface area contributed by atoms with Gasteiger partial charge < -0.3 is 14.5 Å². The number of carbonyl (C=O) groups is 2. The van der Waals surface area contributed by atoms with Crippen molar-refractivity contribution in [3.05, 3.63) is 81.9 Å². The monoisotopic (exact) mass is 410 g/mol. The summed E-state index contributed by atoms with van der Waals surface area (Å²) in [7, 11) is 0. The standard InChI is InChI=1S/C20H14N2O4S2/c23-18(17-6-3-8-25-17)22-16-5-2-1-4-15(16)20(24)26-10-14-12-28-19(21-14)13-7-9-27-11-13/h1-9,11-12H,10H2,(H,22,23). The molecule has 0 fully saturated rings. The number of aromatic nitrogens is 1. The van der Waals surface area contributed by atoms with Crippen molar-refractivity contribution in [2.45, 2.75) is 6.61 Å². The maximum Gasteiger partial charge on any atom is 0.340 e. The largest absolute Gasteiger partial charge is 0.459 e. The van der Waals surface area contributed by atoms with E-state index in [0.29, 0.717) is 11.4 Å². The number of para-hydroxylation sites is 1. The fraction of sp³-hybridized carbons (Fsp3) is 0.0500. The molecule has 0 spiro atoms. The summed E-state index contributed by atoms with van der Waals surface area (Å²) in [4.78, 5) is 29.2. The number of ether oxygens (including phenoxy) is 1. The number of thiophene rings is 1. The summed E-state index contributed by atoms with van der Waals surface area (Å²) >= 11 is 3.11. The zero-order valence-electron chi connectivity index (χ0n) is 14.5. The van der Waals surface area contributed by atoms with E-state index in [1.165, 1.54) is 17.6 Å². The molecule has 0 aliphatic carbocycles. The smallest absolute Gasteiger partial charge is 0.340 e. The van der Waals surface area contributed by atoms with Crippen molar-refractivity contribution in [2.75, 3.05) is 5.32 Å². The van der Waals surface area contributed by atoms with Crippen LogP contribution in [0.2, 0.25) is 0 Å². The molecule has 0 aliphatic rings. The Morgan fingerprint density at radius 1 is 1.11 bits per heavy atom. The van der Waals surface area contributed by atoms with Gasteiger partial charge in [-0.05, 0) is 35.7 Å². The summed E-state index contributed by atoms with van der Waals surface area (Å²) in [6.07, 6.45) is 1.41. The zero-order valence-corrected chi connectivity index (χ0v) is 16.1. The van der Waals surface area contributed by atoms with E-state index in [4.69, 9.17) is 9.15 Å². The quantitative estimate of drug-likeness (QED) is 0.449. The van der Waals surface area contributed by atoms with Crippen LogP contribution in [0.1, 0.15) is 26.6 Å². The van der Waals surface area contributed by atoms with Crippen LogP contribution in [0.15, 0.2) is 69.3 Å². The first-order valence-electron chi connectivity index (χ1n) is 8.28. The minimum absolute atomic E-state index is 0.0555. The van der Waals surface area contributed by atoms with E-state index >= 15 is 0 Å². The van der Waals surface area contributed by atoms with Crippen molar-refractivity contribution in [1.29, 1.82) is 0 Å². The number of nitrogens with one attached hydrogen (secondary N) is 1. The molecule has 4 rings (SSSR count). The molecule has 0 saturated carbocycles. The summed E-state index contributed by atoms with van der Waals surface area (Å²) in [6.45, 7) is 0.0555. The second kappa shape index (κ2) is 8.20. The maximum absolute atomic E-state index is 12.5. The number of benzene rings is 1. The van der Waals surface area contributed by atoms with E-state index in [9.17, 15) is 9.59 Å². The van der Waals surface area contributed by atoms with Crippen molar-refractivity contribution in [3.63, 3.8) is 0 Å². The number of hydrogen-bond donors (Lipinski definition) is 1. The molecule has 0 bridgehead atoms. The Bertz CT molecular complexity index is 1090. The van der Waals surface area contributed by atoms with Gasteiger partial charge >= 0.3 is 5.97 Å². The molecule has 0 atom stereocenters. The van der Waals surface area contributed by atoms with E-state index < -0.39 is 11.9 Å². The summed E-state index contributed by atoms with van der Waals surface area (Å²) in [6, 6.07) is 11.8. The third-order valence-electron chi connectivity index (χ3n) is 3.81. The number of carbonyl (C=O) groups excluding carboxylic acids is 2. The van der Waals surface area contributed by atoms with Crippen LogP contribution < -0.4 is 5.32 Å². The Hall–Kier alpha value is -3.23. The molecular weight excluding hydrogens is 396 g/mol. The van der Waals surface area contributed by atoms with Crippen LogP contribution in [0.3, 0.4) is 0 Å². The lowest BCUT2D eigenvalue weighted by atomic mass is 10.1. The number of furan rings is 1. The Balaban J connectivity index is 1.43. The second-order valence-electron chi connectivity index (χ2n) is 5.71. The molecule has 3 heterocycles. The molecule has 0 saturated heterocycles. The second-order valence-corrected chi connectivity index (χ2v) is 7.35. The van der Waals surface area contributed by atoms with E-state index in [0.717, 1.165) is 10.6 Å². The van der Waals surface area contributed by atoms with E-state index in [-0.39, 0.29) is 17.9 Å². The Morgan fingerprint density at radius 3 is 2.79 bits per heavy atom. The summed E-state index contributed by atoms with van der Waals surface area (Å²) in [5, 5.41) is 9.43. The van der Waals surface area contributed by atoms with Gasteiger partial charge in [0.1, 0.15) is 11.6 Å². The number of anilines is 1. The minimum atomic E-state index is -0.541. The Labute approximate surface area is 168 Å². The summed E-state index contributed by atoms with van der Waals surface area (Å²) in [5.41, 5.74) is 2.34. The topological polar surface area (TPSA) is 81.4 Å². The highest BCUT2D eigenvalue weighted by Crippen LogP contribution is 2.26. The first kappa shape index (κ1) is 18.1. The molecule has 1 amide bonds. The number of amides is 1. The highest BCUT2D eigenvalue weighted by atomic mass is 32.1. The van der Waals surface area contributed by atoms with E-state index in [2.05, 4.69) is 10.3 Å². The predicted molar refractivity (Wildman–Crippen MR) is 108 cm³/mol. The number of nitrogens with zero attached hydrogens (tertiary/aromatic N) is 1. The van der Waals surface area contributed by atoms with Crippen molar-refractivity contribution < 1.29 is 18.7 Å². The molecule has 1 N–H and O–H groups in total. The molecular formula is C20H14N2O4S2.